The van der Waals surface area contributed by atoms with Gasteiger partial charge in [-0.05, 0) is 48.6 Å². The predicted molar refractivity (Wildman–Crippen MR) is 385 cm³/mol. The molecule has 0 aromatic heterocycles. The molecule has 0 bridgehead atoms. The highest BCUT2D eigenvalue weighted by molar-refractivity contribution is 4.57. The number of aliphatic hydroxyl groups is 3. The van der Waals surface area contributed by atoms with Gasteiger partial charge >= 0.3 is 0 Å². The minimum atomic E-state index is -0.506. The van der Waals surface area contributed by atoms with Crippen molar-refractivity contribution in [2.24, 2.45) is 0 Å². The van der Waals surface area contributed by atoms with E-state index in [0.717, 1.165) is 0 Å². The molecule has 0 aromatic carbocycles. The lowest BCUT2D eigenvalue weighted by Gasteiger charge is -2.17. The fraction of sp³-hybridized carbons (Fsp3) is 1.00. The van der Waals surface area contributed by atoms with Gasteiger partial charge in [0.25, 0.3) is 0 Å². The van der Waals surface area contributed by atoms with Crippen molar-refractivity contribution in [3.8, 4) is 0 Å². The Hall–Kier alpha value is -0.680. The van der Waals surface area contributed by atoms with Crippen LogP contribution in [0, 0.1) is 0 Å². The number of hydrogen-bond acceptors (Lipinski definition) is 17. The second-order valence-electron chi connectivity index (χ2n) is 12.3. The van der Waals surface area contributed by atoms with Crippen LogP contribution in [0.2, 0.25) is 0 Å². The largest absolute Gasteiger partial charge is 0.389 e. The molecule has 17 nitrogen and oxygen atoms in total. The van der Waals surface area contributed by atoms with Crippen LogP contribution in [0.3, 0.4) is 0 Å². The third kappa shape index (κ3) is 188. The van der Waals surface area contributed by atoms with E-state index in [1.54, 1.807) is 17.1 Å². The van der Waals surface area contributed by atoms with E-state index < -0.39 is 18.3 Å². The Balaban J connectivity index is -0.0000000139. The Labute approximate surface area is 515 Å². The molecule has 0 aliphatic heterocycles. The summed E-state index contributed by atoms with van der Waals surface area (Å²) in [5.41, 5.74) is 5.97. The molecule has 0 aliphatic rings. The first-order chi connectivity index (χ1) is 24.8. The van der Waals surface area contributed by atoms with Gasteiger partial charge in [-0.2, -0.15) is 0 Å². The third-order valence-corrected chi connectivity index (χ3v) is 6.22. The second-order valence-corrected chi connectivity index (χ2v) is 12.3. The van der Waals surface area contributed by atoms with E-state index in [0.29, 0.717) is 119 Å². The Morgan fingerprint density at radius 1 is 0.304 bits per heavy atom. The van der Waals surface area contributed by atoms with Crippen molar-refractivity contribution in [1.29, 1.82) is 0 Å². The van der Waals surface area contributed by atoms with Crippen LogP contribution in [0.5, 0.6) is 0 Å². The number of rotatable bonds is 35. The normalized spacial score (nSPS) is 9.87. The first kappa shape index (κ1) is 201. The summed E-state index contributed by atoms with van der Waals surface area (Å²) in [5.74, 6) is 0. The SMILES string of the molecule is C.C.C.C.C.C.C.C.C.C.C.C.C.C.C.C.C.C.C.C.C.C.C.C.C.C.C.CCOCC(C)OCCOCC(O)CNC.CCOCC(C)OCCOCC(O)CNN(C)C.CCOCC(C)OCCOCC(O)CNN(C)C. The molecule has 6 N–H and O–H groups in total. The number of hydrogen-bond donors (Lipinski definition) is 6. The molecule has 0 heterocycles. The summed E-state index contributed by atoms with van der Waals surface area (Å²) in [7, 11) is 9.30. The van der Waals surface area contributed by atoms with Crippen LogP contribution in [-0.4, -0.2) is 216 Å². The lowest BCUT2D eigenvalue weighted by molar-refractivity contribution is -0.0404. The van der Waals surface area contributed by atoms with Crippen molar-refractivity contribution in [3.63, 3.8) is 0 Å². The van der Waals surface area contributed by atoms with Crippen molar-refractivity contribution in [1.82, 2.24) is 26.2 Å². The van der Waals surface area contributed by atoms with Crippen molar-refractivity contribution in [2.45, 2.75) is 279 Å². The molecule has 79 heavy (non-hydrogen) atoms. The van der Waals surface area contributed by atoms with Gasteiger partial charge < -0.3 is 63.3 Å². The van der Waals surface area contributed by atoms with Gasteiger partial charge in [0.2, 0.25) is 0 Å². The molecular weight excluding hydrogens is 1010 g/mol. The maximum Gasteiger partial charge on any atom is 0.0911 e. The lowest BCUT2D eigenvalue weighted by Crippen LogP contribution is -2.38. The van der Waals surface area contributed by atoms with Crippen molar-refractivity contribution < 1.29 is 58.0 Å². The lowest BCUT2D eigenvalue weighted by atomic mass is 10.4. The van der Waals surface area contributed by atoms with Crippen molar-refractivity contribution in [2.75, 3.05) is 154 Å². The van der Waals surface area contributed by atoms with Gasteiger partial charge in [0.05, 0.1) is 116 Å². The van der Waals surface area contributed by atoms with E-state index in [2.05, 4.69) is 16.2 Å². The Morgan fingerprint density at radius 3 is 0.658 bits per heavy atom. The van der Waals surface area contributed by atoms with Crippen molar-refractivity contribution in [3.05, 3.63) is 0 Å². The zero-order valence-electron chi connectivity index (χ0n) is 34.6. The fourth-order valence-corrected chi connectivity index (χ4v) is 3.57. The summed E-state index contributed by atoms with van der Waals surface area (Å²) >= 11 is 0. The molecular formula is C62H189N5O12. The number of nitrogens with zero attached hydrogens (tertiary/aromatic N) is 2. The number of hydrazine groups is 2. The summed E-state index contributed by atoms with van der Waals surface area (Å²) in [4.78, 5) is 0. The van der Waals surface area contributed by atoms with Gasteiger partial charge in [0, 0.05) is 67.6 Å². The first-order valence-electron chi connectivity index (χ1n) is 18.6. The summed E-state index contributed by atoms with van der Waals surface area (Å²) in [6, 6.07) is 0. The number of aliphatic hydroxyl groups excluding tert-OH is 3. The van der Waals surface area contributed by atoms with Gasteiger partial charge in [-0.15, -0.1) is 0 Å². The van der Waals surface area contributed by atoms with Gasteiger partial charge in [-0.3, -0.25) is 20.9 Å². The van der Waals surface area contributed by atoms with Crippen LogP contribution >= 0.6 is 0 Å². The van der Waals surface area contributed by atoms with E-state index in [1.807, 2.05) is 69.7 Å². The molecule has 0 fully saturated rings. The average molecular weight is 1200 g/mol. The number of likely N-dealkylation sites (N-methyl/N-ethyl adjacent to an activating group) is 1. The smallest absolute Gasteiger partial charge is 0.0911 e. The highest BCUT2D eigenvalue weighted by Crippen LogP contribution is 1.95. The highest BCUT2D eigenvalue weighted by atomic mass is 16.6. The molecule has 17 heteroatoms. The summed E-state index contributed by atoms with van der Waals surface area (Å²) in [6.45, 7) is 21.2. The fourth-order valence-electron chi connectivity index (χ4n) is 3.57. The van der Waals surface area contributed by atoms with E-state index in [9.17, 15) is 15.3 Å². The Morgan fingerprint density at radius 2 is 0.494 bits per heavy atom. The topological polar surface area (TPSA) is 186 Å². The Kier molecular flexibility index (Phi) is 402. The third-order valence-electron chi connectivity index (χ3n) is 6.22. The second kappa shape index (κ2) is 158. The standard InChI is InChI=1S/2C12H28N2O4.C11H25NO4.27CH4/c2*1-5-16-9-11(2)18-7-6-17-10-12(15)8-13-14(3)4;1-4-14-8-10(2)16-6-5-15-9-11(13)7-12-3;;;;;;;;;;;;;;;;;;;;;;;;;;;/h2*11-13,15H,5-10H2,1-4H3;10-13H,4-9H2,1-3H3;27*1H4. The first-order valence-corrected chi connectivity index (χ1v) is 18.6. The van der Waals surface area contributed by atoms with Crippen LogP contribution in [0.25, 0.3) is 0 Å². The van der Waals surface area contributed by atoms with Crippen LogP contribution < -0.4 is 16.2 Å². The zero-order chi connectivity index (χ0) is 39.8. The van der Waals surface area contributed by atoms with Crippen LogP contribution in [0.4, 0.5) is 0 Å². The molecule has 6 atom stereocenters. The van der Waals surface area contributed by atoms with Crippen LogP contribution in [-0.2, 0) is 42.6 Å². The van der Waals surface area contributed by atoms with Gasteiger partial charge in [-0.1, -0.05) is 201 Å². The van der Waals surface area contributed by atoms with Crippen LogP contribution in [0.15, 0.2) is 0 Å². The van der Waals surface area contributed by atoms with E-state index in [4.69, 9.17) is 42.6 Å². The Bertz CT molecular complexity index is 654. The number of ether oxygens (including phenoxy) is 9. The zero-order valence-corrected chi connectivity index (χ0v) is 34.6. The van der Waals surface area contributed by atoms with Crippen LogP contribution in [0.1, 0.15) is 242 Å². The van der Waals surface area contributed by atoms with E-state index >= 15 is 0 Å². The summed E-state index contributed by atoms with van der Waals surface area (Å²) in [5, 5.41) is 34.9. The minimum absolute atomic E-state index is 0. The van der Waals surface area contributed by atoms with Gasteiger partial charge in [0.1, 0.15) is 0 Å². The molecule has 0 spiro atoms. The molecule has 0 radical (unpaired) electrons. The van der Waals surface area contributed by atoms with Gasteiger partial charge in [-0.25, -0.2) is 0 Å². The minimum Gasteiger partial charge on any atom is -0.389 e. The molecule has 0 saturated carbocycles. The molecule has 0 aliphatic carbocycles. The summed E-state index contributed by atoms with van der Waals surface area (Å²) < 4.78 is 47.9. The average Bonchev–Trinajstić information content (AvgIpc) is 3.10. The molecule has 0 saturated heterocycles. The molecule has 0 amide bonds. The molecule has 0 aromatic rings. The molecule has 534 valence electrons. The van der Waals surface area contributed by atoms with Gasteiger partial charge in [0.15, 0.2) is 0 Å². The van der Waals surface area contributed by atoms with Crippen molar-refractivity contribution >= 4 is 0 Å². The summed E-state index contributed by atoms with van der Waals surface area (Å²) in [6.07, 6.45) is -1.22. The maximum atomic E-state index is 9.55. The monoisotopic (exact) mass is 1200 g/mol. The number of nitrogens with one attached hydrogen (secondary N) is 3. The molecule has 0 rings (SSSR count). The quantitative estimate of drug-likeness (QED) is 0.0260. The highest BCUT2D eigenvalue weighted by Gasteiger charge is 2.07. The maximum absolute atomic E-state index is 9.55. The van der Waals surface area contributed by atoms with E-state index in [1.165, 1.54) is 0 Å². The molecule has 6 unspecified atom stereocenters. The predicted octanol–water partition coefficient (Wildman–Crippen LogP) is 16.9. The van der Waals surface area contributed by atoms with E-state index in [-0.39, 0.29) is 219 Å².